The molecule has 124 valence electrons. The average molecular weight is 342 g/mol. The quantitative estimate of drug-likeness (QED) is 0.922. The lowest BCUT2D eigenvalue weighted by molar-refractivity contribution is 0.533. The van der Waals surface area contributed by atoms with Gasteiger partial charge in [-0.2, -0.15) is 5.26 Å². The maximum absolute atomic E-state index is 12.7. The van der Waals surface area contributed by atoms with Crippen molar-refractivity contribution >= 4 is 21.5 Å². The van der Waals surface area contributed by atoms with Crippen LogP contribution in [0.5, 0.6) is 0 Å². The molecule has 7 heteroatoms. The van der Waals surface area contributed by atoms with Crippen molar-refractivity contribution in [3.63, 3.8) is 0 Å². The van der Waals surface area contributed by atoms with Gasteiger partial charge < -0.3 is 4.90 Å². The molecule has 1 aromatic heterocycles. The summed E-state index contributed by atoms with van der Waals surface area (Å²) in [5.41, 5.74) is 1.02. The Morgan fingerprint density at radius 1 is 1.21 bits per heavy atom. The lowest BCUT2D eigenvalue weighted by atomic mass is 10.1. The number of nitrogens with one attached hydrogen (secondary N) is 1. The van der Waals surface area contributed by atoms with E-state index in [1.165, 1.54) is 0 Å². The molecule has 0 aliphatic carbocycles. The Balaban J connectivity index is 1.79. The molecule has 24 heavy (non-hydrogen) atoms. The van der Waals surface area contributed by atoms with E-state index < -0.39 is 15.3 Å². The highest BCUT2D eigenvalue weighted by Crippen LogP contribution is 2.25. The van der Waals surface area contributed by atoms with Gasteiger partial charge in [0.05, 0.1) is 10.8 Å². The van der Waals surface area contributed by atoms with Gasteiger partial charge in [0.25, 0.3) is 0 Å². The fourth-order valence-electron chi connectivity index (χ4n) is 2.87. The van der Waals surface area contributed by atoms with Crippen molar-refractivity contribution in [3.05, 3.63) is 54.2 Å². The van der Waals surface area contributed by atoms with Crippen LogP contribution < -0.4 is 9.62 Å². The molecule has 2 aromatic rings. The summed E-state index contributed by atoms with van der Waals surface area (Å²) in [7, 11) is -3.50. The monoisotopic (exact) mass is 342 g/mol. The number of pyridine rings is 1. The van der Waals surface area contributed by atoms with Crippen molar-refractivity contribution in [2.75, 3.05) is 22.7 Å². The van der Waals surface area contributed by atoms with E-state index in [1.807, 2.05) is 11.0 Å². The smallest absolute Gasteiger partial charge is 0.237 e. The number of aromatic nitrogens is 1. The summed E-state index contributed by atoms with van der Waals surface area (Å²) in [5.74, 6) is 0.555. The van der Waals surface area contributed by atoms with Crippen molar-refractivity contribution in [2.45, 2.75) is 18.1 Å². The lowest BCUT2D eigenvalue weighted by Crippen LogP contribution is -2.44. The van der Waals surface area contributed by atoms with E-state index >= 15 is 0 Å². The highest BCUT2D eigenvalue weighted by atomic mass is 32.2. The van der Waals surface area contributed by atoms with Gasteiger partial charge in [0.15, 0.2) is 0 Å². The second-order valence-electron chi connectivity index (χ2n) is 5.71. The third-order valence-electron chi connectivity index (χ3n) is 4.06. The predicted molar refractivity (Wildman–Crippen MR) is 93.2 cm³/mol. The zero-order valence-corrected chi connectivity index (χ0v) is 13.9. The van der Waals surface area contributed by atoms with Crippen LogP contribution in [-0.4, -0.2) is 31.7 Å². The van der Waals surface area contributed by atoms with Gasteiger partial charge in [-0.05, 0) is 37.1 Å². The number of nitriles is 1. The molecule has 0 amide bonds. The molecule has 1 fully saturated rings. The second kappa shape index (κ2) is 6.89. The number of anilines is 2. The van der Waals surface area contributed by atoms with Crippen LogP contribution in [0.4, 0.5) is 11.5 Å². The van der Waals surface area contributed by atoms with Crippen LogP contribution in [0, 0.1) is 11.3 Å². The summed E-state index contributed by atoms with van der Waals surface area (Å²) in [6.07, 6.45) is 2.95. The Morgan fingerprint density at radius 3 is 2.75 bits per heavy atom. The molecule has 1 aliphatic heterocycles. The first-order valence-electron chi connectivity index (χ1n) is 7.77. The van der Waals surface area contributed by atoms with Gasteiger partial charge in [0, 0.05) is 25.0 Å². The topological polar surface area (TPSA) is 86.1 Å². The van der Waals surface area contributed by atoms with Crippen LogP contribution in [0.2, 0.25) is 0 Å². The number of para-hydroxylation sites is 1. The molecule has 0 radical (unpaired) electrons. The minimum atomic E-state index is -3.50. The molecule has 1 atom stereocenters. The molecule has 0 spiro atoms. The van der Waals surface area contributed by atoms with Gasteiger partial charge in [-0.25, -0.2) is 13.4 Å². The first kappa shape index (κ1) is 16.3. The van der Waals surface area contributed by atoms with Crippen molar-refractivity contribution < 1.29 is 8.42 Å². The first-order valence-corrected chi connectivity index (χ1v) is 9.31. The Morgan fingerprint density at radius 2 is 2.00 bits per heavy atom. The molecule has 2 heterocycles. The van der Waals surface area contributed by atoms with Gasteiger partial charge in [0.1, 0.15) is 11.9 Å². The third kappa shape index (κ3) is 3.49. The molecule has 1 aliphatic rings. The molecular weight excluding hydrogens is 324 g/mol. The van der Waals surface area contributed by atoms with Crippen molar-refractivity contribution in [1.29, 1.82) is 5.26 Å². The largest absolute Gasteiger partial charge is 0.354 e. The zero-order chi connectivity index (χ0) is 17.0. The van der Waals surface area contributed by atoms with Gasteiger partial charge in [-0.1, -0.05) is 18.2 Å². The summed E-state index contributed by atoms with van der Waals surface area (Å²) in [6, 6.07) is 14.4. The Hall–Kier alpha value is -2.59. The summed E-state index contributed by atoms with van der Waals surface area (Å²) < 4.78 is 28.0. The molecular formula is C17H18N4O2S. The number of nitrogens with zero attached hydrogens (tertiary/aromatic N) is 3. The zero-order valence-electron chi connectivity index (χ0n) is 13.1. The summed E-state index contributed by atoms with van der Waals surface area (Å²) >= 11 is 0. The molecule has 6 nitrogen and oxygen atoms in total. The van der Waals surface area contributed by atoms with Crippen LogP contribution in [0.25, 0.3) is 0 Å². The Labute approximate surface area is 141 Å². The summed E-state index contributed by atoms with van der Waals surface area (Å²) in [5, 5.41) is 8.68. The number of rotatable bonds is 4. The highest BCUT2D eigenvalue weighted by molar-refractivity contribution is 7.93. The number of hydrogen-bond acceptors (Lipinski definition) is 5. The van der Waals surface area contributed by atoms with Crippen molar-refractivity contribution in [1.82, 2.24) is 4.98 Å². The minimum absolute atomic E-state index is 0.327. The van der Waals surface area contributed by atoms with Gasteiger partial charge in [0.2, 0.25) is 10.0 Å². The number of sulfonamides is 1. The standard InChI is InChI=1S/C17H18N4O2S/c18-12-14-6-4-10-19-17(14)21-11-5-9-16(13-21)24(22,23)20-15-7-2-1-3-8-15/h1-4,6-8,10,16,20H,5,9,11,13H2. The highest BCUT2D eigenvalue weighted by Gasteiger charge is 2.32. The third-order valence-corrected chi connectivity index (χ3v) is 5.84. The van der Waals surface area contributed by atoms with Crippen LogP contribution in [0.3, 0.4) is 0 Å². The van der Waals surface area contributed by atoms with Gasteiger partial charge in [-0.15, -0.1) is 0 Å². The fourth-order valence-corrected chi connectivity index (χ4v) is 4.36. The van der Waals surface area contributed by atoms with E-state index in [9.17, 15) is 13.7 Å². The minimum Gasteiger partial charge on any atom is -0.354 e. The van der Waals surface area contributed by atoms with E-state index in [1.54, 1.807) is 42.6 Å². The van der Waals surface area contributed by atoms with E-state index in [4.69, 9.17) is 0 Å². The SMILES string of the molecule is N#Cc1cccnc1N1CCCC(S(=O)(=O)Nc2ccccc2)C1. The van der Waals surface area contributed by atoms with E-state index in [0.717, 1.165) is 6.42 Å². The van der Waals surface area contributed by atoms with E-state index in [2.05, 4.69) is 15.8 Å². The van der Waals surface area contributed by atoms with E-state index in [-0.39, 0.29) is 0 Å². The molecule has 0 saturated carbocycles. The number of benzene rings is 1. The fraction of sp³-hybridized carbons (Fsp3) is 0.294. The van der Waals surface area contributed by atoms with Crippen molar-refractivity contribution in [2.24, 2.45) is 0 Å². The van der Waals surface area contributed by atoms with E-state index in [0.29, 0.717) is 36.6 Å². The maximum Gasteiger partial charge on any atom is 0.237 e. The molecule has 1 unspecified atom stereocenters. The number of hydrogen-bond donors (Lipinski definition) is 1. The maximum atomic E-state index is 12.7. The molecule has 3 rings (SSSR count). The predicted octanol–water partition coefficient (Wildman–Crippen LogP) is 2.36. The average Bonchev–Trinajstić information content (AvgIpc) is 2.62. The summed E-state index contributed by atoms with van der Waals surface area (Å²) in [6.45, 7) is 1.02. The van der Waals surface area contributed by atoms with Crippen LogP contribution >= 0.6 is 0 Å². The molecule has 1 saturated heterocycles. The number of piperidine rings is 1. The Bertz CT molecular complexity index is 846. The Kier molecular flexibility index (Phi) is 4.67. The molecule has 0 bridgehead atoms. The van der Waals surface area contributed by atoms with Crippen LogP contribution in [0.1, 0.15) is 18.4 Å². The lowest BCUT2D eigenvalue weighted by Gasteiger charge is -2.33. The van der Waals surface area contributed by atoms with Gasteiger partial charge in [-0.3, -0.25) is 4.72 Å². The van der Waals surface area contributed by atoms with Crippen LogP contribution in [0.15, 0.2) is 48.7 Å². The molecule has 1 aromatic carbocycles. The van der Waals surface area contributed by atoms with Gasteiger partial charge >= 0.3 is 0 Å². The second-order valence-corrected chi connectivity index (χ2v) is 7.67. The molecule has 1 N–H and O–H groups in total. The van der Waals surface area contributed by atoms with Crippen molar-refractivity contribution in [3.8, 4) is 6.07 Å². The van der Waals surface area contributed by atoms with Crippen LogP contribution in [-0.2, 0) is 10.0 Å². The first-order chi connectivity index (χ1) is 11.6. The summed E-state index contributed by atoms with van der Waals surface area (Å²) in [4.78, 5) is 6.15. The normalized spacial score (nSPS) is 18.0.